The molecule has 1 fully saturated rings. The number of nitrogen functional groups attached to an aromatic ring is 1. The van der Waals surface area contributed by atoms with Crippen LogP contribution in [0.1, 0.15) is 0 Å². The number of carbonyl (C=O) groups is 1. The molecule has 2 rings (SSSR count). The molecule has 0 bridgehead atoms. The zero-order chi connectivity index (χ0) is 13.1. The smallest absolute Gasteiger partial charge is 0.241 e. The summed E-state index contributed by atoms with van der Waals surface area (Å²) >= 11 is 0. The van der Waals surface area contributed by atoms with Crippen LogP contribution >= 0.6 is 0 Å². The maximum absolute atomic E-state index is 11.7. The van der Waals surface area contributed by atoms with Crippen molar-refractivity contribution >= 4 is 17.5 Å². The topological polar surface area (TPSA) is 96.6 Å². The van der Waals surface area contributed by atoms with E-state index in [0.29, 0.717) is 30.5 Å². The van der Waals surface area contributed by atoms with Crippen LogP contribution in [0.4, 0.5) is 11.6 Å². The summed E-state index contributed by atoms with van der Waals surface area (Å²) in [7, 11) is 3.30. The average molecular weight is 252 g/mol. The largest absolute Gasteiger partial charge is 0.490 e. The highest BCUT2D eigenvalue weighted by atomic mass is 16.5. The molecule has 0 radical (unpaired) electrons. The highest BCUT2D eigenvalue weighted by molar-refractivity contribution is 5.83. The fraction of sp³-hybridized carbons (Fsp3) is 0.500. The van der Waals surface area contributed by atoms with Gasteiger partial charge >= 0.3 is 0 Å². The minimum atomic E-state index is 0.0455. The number of hydrogen-bond donors (Lipinski definition) is 2. The van der Waals surface area contributed by atoms with Gasteiger partial charge in [0.25, 0.3) is 0 Å². The van der Waals surface area contributed by atoms with Crippen LogP contribution in [-0.2, 0) is 4.79 Å². The lowest BCUT2D eigenvalue weighted by molar-refractivity contribution is -0.129. The fourth-order valence-corrected chi connectivity index (χ4v) is 1.82. The molecule has 1 saturated heterocycles. The summed E-state index contributed by atoms with van der Waals surface area (Å²) in [6.07, 6.45) is 1.38. The molecular weight excluding hydrogens is 236 g/mol. The van der Waals surface area contributed by atoms with E-state index in [-0.39, 0.29) is 12.5 Å². The van der Waals surface area contributed by atoms with Gasteiger partial charge in [-0.05, 0) is 0 Å². The third-order valence-corrected chi connectivity index (χ3v) is 2.88. The number of nitrogens with one attached hydrogen (secondary N) is 1. The van der Waals surface area contributed by atoms with Gasteiger partial charge in [-0.1, -0.05) is 0 Å². The lowest BCUT2D eigenvalue weighted by Gasteiger charge is -2.33. The number of hydrazine groups is 1. The SMILES string of the molecule is COc1c(NN)ncnc1N1CCN(C)C(=O)C1. The van der Waals surface area contributed by atoms with Crippen LogP contribution in [0.15, 0.2) is 6.33 Å². The van der Waals surface area contributed by atoms with Crippen LogP contribution < -0.4 is 20.9 Å². The zero-order valence-corrected chi connectivity index (χ0v) is 10.4. The minimum absolute atomic E-state index is 0.0455. The summed E-state index contributed by atoms with van der Waals surface area (Å²) in [5, 5.41) is 0. The van der Waals surface area contributed by atoms with E-state index in [0.717, 1.165) is 0 Å². The van der Waals surface area contributed by atoms with Gasteiger partial charge in [0.15, 0.2) is 11.6 Å². The Balaban J connectivity index is 2.30. The van der Waals surface area contributed by atoms with E-state index >= 15 is 0 Å². The molecule has 0 saturated carbocycles. The number of hydrogen-bond acceptors (Lipinski definition) is 7. The number of methoxy groups -OCH3 is 1. The first-order chi connectivity index (χ1) is 8.67. The Morgan fingerprint density at radius 2 is 2.22 bits per heavy atom. The van der Waals surface area contributed by atoms with E-state index < -0.39 is 0 Å². The molecule has 0 aromatic carbocycles. The summed E-state index contributed by atoms with van der Waals surface area (Å²) in [6, 6.07) is 0. The molecule has 1 aliphatic rings. The van der Waals surface area contributed by atoms with Crippen LogP contribution in [-0.4, -0.2) is 54.6 Å². The number of carbonyl (C=O) groups excluding carboxylic acids is 1. The second-order valence-electron chi connectivity index (χ2n) is 3.96. The van der Waals surface area contributed by atoms with Crippen LogP contribution in [0.2, 0.25) is 0 Å². The van der Waals surface area contributed by atoms with Crippen LogP contribution in [0, 0.1) is 0 Å². The quantitative estimate of drug-likeness (QED) is 0.528. The van der Waals surface area contributed by atoms with Gasteiger partial charge in [0.05, 0.1) is 13.7 Å². The van der Waals surface area contributed by atoms with Crippen molar-refractivity contribution in [3.63, 3.8) is 0 Å². The molecule has 1 aromatic rings. The van der Waals surface area contributed by atoms with Gasteiger partial charge in [0.2, 0.25) is 11.7 Å². The molecule has 98 valence electrons. The Bertz CT molecular complexity index is 452. The predicted octanol–water partition coefficient (Wildman–Crippen LogP) is -0.951. The first-order valence-corrected chi connectivity index (χ1v) is 5.52. The number of nitrogens with zero attached hydrogens (tertiary/aromatic N) is 4. The van der Waals surface area contributed by atoms with Crippen molar-refractivity contribution in [3.05, 3.63) is 6.33 Å². The van der Waals surface area contributed by atoms with Gasteiger partial charge in [-0.3, -0.25) is 4.79 Å². The summed E-state index contributed by atoms with van der Waals surface area (Å²) in [6.45, 7) is 1.62. The third-order valence-electron chi connectivity index (χ3n) is 2.88. The molecule has 1 aliphatic heterocycles. The fourth-order valence-electron chi connectivity index (χ4n) is 1.82. The summed E-state index contributed by atoms with van der Waals surface area (Å²) in [4.78, 5) is 23.4. The maximum atomic E-state index is 11.7. The standard InChI is InChI=1S/C10H16N6O2/c1-15-3-4-16(5-7(15)17)10-8(18-2)9(14-11)12-6-13-10/h6H,3-5,11H2,1-2H3,(H,12,13,14). The molecule has 2 heterocycles. The van der Waals surface area contributed by atoms with Gasteiger partial charge in [-0.25, -0.2) is 15.8 Å². The van der Waals surface area contributed by atoms with Crippen molar-refractivity contribution in [2.24, 2.45) is 5.84 Å². The Morgan fingerprint density at radius 3 is 2.83 bits per heavy atom. The Kier molecular flexibility index (Phi) is 3.47. The molecule has 0 aliphatic carbocycles. The molecule has 0 atom stereocenters. The average Bonchev–Trinajstić information content (AvgIpc) is 2.40. The number of anilines is 2. The number of ether oxygens (including phenoxy) is 1. The molecule has 0 spiro atoms. The van der Waals surface area contributed by atoms with Crippen molar-refractivity contribution in [2.45, 2.75) is 0 Å². The lowest BCUT2D eigenvalue weighted by Crippen LogP contribution is -2.49. The van der Waals surface area contributed by atoms with Gasteiger partial charge in [0.1, 0.15) is 6.33 Å². The molecule has 18 heavy (non-hydrogen) atoms. The molecule has 8 nitrogen and oxygen atoms in total. The van der Waals surface area contributed by atoms with E-state index in [1.807, 2.05) is 4.90 Å². The molecular formula is C10H16N6O2. The van der Waals surface area contributed by atoms with Gasteiger partial charge in [-0.2, -0.15) is 0 Å². The molecule has 3 N–H and O–H groups in total. The van der Waals surface area contributed by atoms with E-state index in [4.69, 9.17) is 10.6 Å². The van der Waals surface area contributed by atoms with Crippen molar-refractivity contribution in [1.29, 1.82) is 0 Å². The number of aromatic nitrogens is 2. The second kappa shape index (κ2) is 5.05. The summed E-state index contributed by atoms with van der Waals surface area (Å²) in [5.41, 5.74) is 2.45. The normalized spacial score (nSPS) is 15.8. The Morgan fingerprint density at radius 1 is 1.44 bits per heavy atom. The van der Waals surface area contributed by atoms with Crippen molar-refractivity contribution in [3.8, 4) is 5.75 Å². The van der Waals surface area contributed by atoms with E-state index in [9.17, 15) is 4.79 Å². The number of rotatable bonds is 3. The van der Waals surface area contributed by atoms with Gasteiger partial charge in [-0.15, -0.1) is 0 Å². The molecule has 0 unspecified atom stereocenters. The highest BCUT2D eigenvalue weighted by Crippen LogP contribution is 2.31. The van der Waals surface area contributed by atoms with Crippen LogP contribution in [0.3, 0.4) is 0 Å². The van der Waals surface area contributed by atoms with Gasteiger partial charge in [0, 0.05) is 20.1 Å². The van der Waals surface area contributed by atoms with Crippen molar-refractivity contribution in [2.75, 3.05) is 44.1 Å². The zero-order valence-electron chi connectivity index (χ0n) is 10.4. The minimum Gasteiger partial charge on any atom is -0.490 e. The number of piperazine rings is 1. The van der Waals surface area contributed by atoms with Crippen molar-refractivity contribution < 1.29 is 9.53 Å². The maximum Gasteiger partial charge on any atom is 0.241 e. The summed E-state index contributed by atoms with van der Waals surface area (Å²) < 4.78 is 5.25. The van der Waals surface area contributed by atoms with E-state index in [1.165, 1.54) is 13.4 Å². The van der Waals surface area contributed by atoms with E-state index in [1.54, 1.807) is 11.9 Å². The number of likely N-dealkylation sites (N-methyl/N-ethyl adjacent to an activating group) is 1. The second-order valence-corrected chi connectivity index (χ2v) is 3.96. The first-order valence-electron chi connectivity index (χ1n) is 5.52. The van der Waals surface area contributed by atoms with Crippen LogP contribution in [0.5, 0.6) is 5.75 Å². The predicted molar refractivity (Wildman–Crippen MR) is 66.2 cm³/mol. The molecule has 8 heteroatoms. The Hall–Kier alpha value is -2.09. The van der Waals surface area contributed by atoms with Crippen molar-refractivity contribution in [1.82, 2.24) is 14.9 Å². The van der Waals surface area contributed by atoms with Crippen LogP contribution in [0.25, 0.3) is 0 Å². The molecule has 1 amide bonds. The lowest BCUT2D eigenvalue weighted by atomic mass is 10.3. The highest BCUT2D eigenvalue weighted by Gasteiger charge is 2.25. The van der Waals surface area contributed by atoms with Gasteiger partial charge < -0.3 is 20.0 Å². The Labute approximate surface area is 105 Å². The first kappa shape index (κ1) is 12.4. The monoisotopic (exact) mass is 252 g/mol. The molecule has 1 aromatic heterocycles. The number of nitrogens with two attached hydrogens (primary N) is 1. The summed E-state index contributed by atoms with van der Waals surface area (Å²) in [5.74, 6) is 6.82. The van der Waals surface area contributed by atoms with E-state index in [2.05, 4.69) is 15.4 Å². The number of amides is 1. The third kappa shape index (κ3) is 2.14.